The fraction of sp³-hybridized carbons (Fsp3) is 0.732. The van der Waals surface area contributed by atoms with E-state index in [1.54, 1.807) is 60.6 Å². The Bertz CT molecular complexity index is 3210. The van der Waals surface area contributed by atoms with Crippen molar-refractivity contribution in [3.8, 4) is 0 Å². The third-order valence-electron chi connectivity index (χ3n) is 18.8. The van der Waals surface area contributed by atoms with Crippen LogP contribution in [0, 0.1) is 51.5 Å². The number of aliphatic hydroxyl groups excluding tert-OH is 1. The minimum Gasteiger partial charge on any atom is -0.390 e. The zero-order chi connectivity index (χ0) is 76.9. The van der Waals surface area contributed by atoms with Gasteiger partial charge in [0.05, 0.1) is 23.3 Å². The molecule has 30 nitrogen and oxygen atoms in total. The standard InChI is InChI=1S/C71H119N15O15/c1-24-26-29-45(15)61(88)60-65(92)74-47(25-2)66(93)79(17)38-55(87)80(18)51(34-39(3)4)64(91)76-56(43(11)12)70(97)81(19)52(35-40(5)6)63(90)73-46(16)62(89)75-49(30-27-28-33-72-48-31-32-50(86(99)100)58-57(48)77-101-78-58)67(94)82(20)53(36-41(7)8)68(95)83(21)54(37-42(9)10)69(96)84(22)59(44(13)14)71(98)85(60)23/h24,26,31-32,39-47,49,51-54,56,59-61,72,88H,25,27-30,33-38H2,1-23H3,(H,73,90)(H,74,92)(H,75,89)(H,76,91)/b26-24+/t45-,46+,47+,49-,51+,52+,53+,54+,56+,59+,60+,61-/m1/s1. The van der Waals surface area contributed by atoms with E-state index in [9.17, 15) is 48.8 Å². The number of fused-ring (bicyclic) bond motifs is 1. The maximum absolute atomic E-state index is 15.5. The molecule has 1 aromatic heterocycles. The van der Waals surface area contributed by atoms with E-state index in [1.165, 1.54) is 92.9 Å². The number of nitro benzene ring substituents is 1. The van der Waals surface area contributed by atoms with Crippen molar-refractivity contribution in [3.05, 3.63) is 34.4 Å². The summed E-state index contributed by atoms with van der Waals surface area (Å²) in [5, 5.41) is 45.8. The molecule has 0 unspecified atom stereocenters. The van der Waals surface area contributed by atoms with Crippen LogP contribution in [0.15, 0.2) is 28.9 Å². The van der Waals surface area contributed by atoms with Crippen LogP contribution in [0.2, 0.25) is 0 Å². The smallest absolute Gasteiger partial charge is 0.300 e. The van der Waals surface area contributed by atoms with E-state index >= 15 is 19.2 Å². The number of aliphatic hydroxyl groups is 1. The average Bonchev–Trinajstić information content (AvgIpc) is 1.19. The van der Waals surface area contributed by atoms with Gasteiger partial charge in [0.25, 0.3) is 0 Å². The Hall–Kier alpha value is -8.31. The summed E-state index contributed by atoms with van der Waals surface area (Å²) in [7, 11) is 9.81. The largest absolute Gasteiger partial charge is 0.390 e. The molecular weight excluding hydrogens is 1300 g/mol. The van der Waals surface area contributed by atoms with Crippen molar-refractivity contribution >= 4 is 87.4 Å². The van der Waals surface area contributed by atoms with Gasteiger partial charge in [-0.1, -0.05) is 109 Å². The highest BCUT2D eigenvalue weighted by Gasteiger charge is 2.46. The van der Waals surface area contributed by atoms with Gasteiger partial charge in [0, 0.05) is 61.9 Å². The van der Waals surface area contributed by atoms with Gasteiger partial charge in [-0.3, -0.25) is 62.9 Å². The predicted octanol–water partition coefficient (Wildman–Crippen LogP) is 4.98. The monoisotopic (exact) mass is 1420 g/mol. The summed E-state index contributed by atoms with van der Waals surface area (Å²) in [5.74, 6) is -10.5. The zero-order valence-electron chi connectivity index (χ0n) is 64.1. The molecule has 1 saturated heterocycles. The van der Waals surface area contributed by atoms with E-state index < -0.39 is 161 Å². The Morgan fingerprint density at radius 3 is 1.57 bits per heavy atom. The second-order valence-electron chi connectivity index (χ2n) is 29.7. The Morgan fingerprint density at radius 1 is 0.574 bits per heavy atom. The summed E-state index contributed by atoms with van der Waals surface area (Å²) >= 11 is 0. The van der Waals surface area contributed by atoms with Crippen LogP contribution >= 0.6 is 0 Å². The molecule has 0 aliphatic carbocycles. The minimum atomic E-state index is -1.65. The number of nitrogens with one attached hydrogen (secondary N) is 5. The van der Waals surface area contributed by atoms with Gasteiger partial charge >= 0.3 is 5.69 Å². The number of carbonyl (C=O) groups excluding carboxylic acids is 11. The molecular formula is C71H119N15O15. The topological polar surface area (TPSA) is 373 Å². The first-order valence-electron chi connectivity index (χ1n) is 35.6. The lowest BCUT2D eigenvalue weighted by atomic mass is 9.91. The van der Waals surface area contributed by atoms with Gasteiger partial charge in [0.2, 0.25) is 70.5 Å². The summed E-state index contributed by atoms with van der Waals surface area (Å²) in [5.41, 5.74) is 0.132. The first kappa shape index (κ1) is 86.9. The Labute approximate surface area is 597 Å². The number of hydrogen-bond acceptors (Lipinski definition) is 18. The lowest BCUT2D eigenvalue weighted by molar-refractivity contribution is -0.383. The van der Waals surface area contributed by atoms with Gasteiger partial charge in [0.15, 0.2) is 5.52 Å². The highest BCUT2D eigenvalue weighted by Crippen LogP contribution is 2.30. The predicted molar refractivity (Wildman–Crippen MR) is 384 cm³/mol. The fourth-order valence-corrected chi connectivity index (χ4v) is 12.6. The summed E-state index contributed by atoms with van der Waals surface area (Å²) in [4.78, 5) is 184. The fourth-order valence-electron chi connectivity index (χ4n) is 12.6. The molecule has 101 heavy (non-hydrogen) atoms. The van der Waals surface area contributed by atoms with E-state index in [0.717, 1.165) is 9.80 Å². The first-order chi connectivity index (χ1) is 47.1. The third-order valence-corrected chi connectivity index (χ3v) is 18.8. The highest BCUT2D eigenvalue weighted by molar-refractivity contribution is 6.00. The number of rotatable bonds is 22. The molecule has 568 valence electrons. The number of unbranched alkanes of at least 4 members (excludes halogenated alkanes) is 1. The van der Waals surface area contributed by atoms with E-state index in [-0.39, 0.29) is 98.3 Å². The van der Waals surface area contributed by atoms with Gasteiger partial charge in [0.1, 0.15) is 60.4 Å². The Morgan fingerprint density at radius 2 is 1.06 bits per heavy atom. The molecule has 30 heteroatoms. The molecule has 1 aliphatic rings. The maximum Gasteiger partial charge on any atom is 0.300 e. The maximum atomic E-state index is 15.5. The summed E-state index contributed by atoms with van der Waals surface area (Å²) < 4.78 is 4.83. The van der Waals surface area contributed by atoms with Crippen molar-refractivity contribution in [1.29, 1.82) is 0 Å². The Kier molecular flexibility index (Phi) is 34.2. The lowest BCUT2D eigenvalue weighted by Gasteiger charge is -2.41. The molecule has 0 spiro atoms. The summed E-state index contributed by atoms with van der Waals surface area (Å²) in [6.07, 6.45) is 3.29. The number of non-ortho nitro benzene ring substituents is 1. The number of benzene rings is 1. The molecule has 2 aromatic rings. The Balaban J connectivity index is 2.35. The van der Waals surface area contributed by atoms with Crippen LogP contribution in [-0.2, 0) is 52.7 Å². The van der Waals surface area contributed by atoms with Gasteiger partial charge < -0.3 is 66.0 Å². The molecule has 3 rings (SSSR count). The van der Waals surface area contributed by atoms with Crippen molar-refractivity contribution in [2.45, 2.75) is 235 Å². The number of anilines is 1. The number of nitrogens with zero attached hydrogens (tertiary/aromatic N) is 10. The number of amides is 11. The van der Waals surface area contributed by atoms with Crippen molar-refractivity contribution in [1.82, 2.24) is 65.9 Å². The van der Waals surface area contributed by atoms with Crippen LogP contribution in [0.4, 0.5) is 11.4 Å². The van der Waals surface area contributed by atoms with Gasteiger partial charge in [-0.25, -0.2) is 4.63 Å². The van der Waals surface area contributed by atoms with E-state index in [1.807, 2.05) is 55.4 Å². The third kappa shape index (κ3) is 23.6. The highest BCUT2D eigenvalue weighted by atomic mass is 16.6. The molecule has 0 bridgehead atoms. The second kappa shape index (κ2) is 39.8. The van der Waals surface area contributed by atoms with Crippen LogP contribution < -0.4 is 26.6 Å². The molecule has 0 radical (unpaired) electrons. The van der Waals surface area contributed by atoms with E-state index in [2.05, 4.69) is 36.9 Å². The normalized spacial score (nSPS) is 24.5. The molecule has 6 N–H and O–H groups in total. The molecule has 1 fully saturated rings. The molecule has 1 aliphatic heterocycles. The first-order valence-corrected chi connectivity index (χ1v) is 35.6. The minimum absolute atomic E-state index is 0.00273. The number of nitro groups is 1. The van der Waals surface area contributed by atoms with Crippen molar-refractivity contribution < 1.29 is 67.4 Å². The number of carbonyl (C=O) groups is 11. The van der Waals surface area contributed by atoms with Crippen LogP contribution in [0.1, 0.15) is 169 Å². The van der Waals surface area contributed by atoms with Crippen molar-refractivity contribution in [3.63, 3.8) is 0 Å². The van der Waals surface area contributed by atoms with E-state index in [4.69, 9.17) is 4.63 Å². The van der Waals surface area contributed by atoms with Crippen LogP contribution in [0.5, 0.6) is 0 Å². The lowest BCUT2D eigenvalue weighted by Crippen LogP contribution is -2.63. The van der Waals surface area contributed by atoms with Crippen LogP contribution in [-0.4, -0.2) is 249 Å². The second-order valence-corrected chi connectivity index (χ2v) is 29.7. The SMILES string of the molecule is C/C=C/C[C@@H](C)[C@@H](O)[C@H]1C(=O)N[C@@H](CC)C(=O)N(C)CC(=O)N(C)[C@@H](CC(C)C)C(=O)N[C@@H](C(C)C)C(=O)N(C)[C@@H](CC(C)C)C(=O)N[C@@H](C)C(=O)N[C@H](CCCCNc2ccc([N+](=O)[O-])c3nonc23)C(=O)N(C)[C@@H](CC(C)C)C(=O)N(C)[C@@H](CC(C)C)C(=O)N(C)[C@@H](C(C)C)C(=O)N1C. The number of allylic oxidation sites excluding steroid dienone is 2. The van der Waals surface area contributed by atoms with Crippen molar-refractivity contribution in [2.24, 2.45) is 41.4 Å². The van der Waals surface area contributed by atoms with Gasteiger partial charge in [-0.15, -0.1) is 0 Å². The molecule has 0 saturated carbocycles. The molecule has 12 atom stereocenters. The van der Waals surface area contributed by atoms with Crippen LogP contribution in [0.25, 0.3) is 11.0 Å². The van der Waals surface area contributed by atoms with Gasteiger partial charge in [-0.05, 0) is 129 Å². The number of hydrogen-bond donors (Lipinski definition) is 6. The zero-order valence-corrected chi connectivity index (χ0v) is 64.1. The number of aromatic nitrogens is 2. The number of likely N-dealkylation sites (N-methyl/N-ethyl adjacent to an activating group) is 7. The van der Waals surface area contributed by atoms with Crippen LogP contribution in [0.3, 0.4) is 0 Å². The quantitative estimate of drug-likeness (QED) is 0.0392. The summed E-state index contributed by atoms with van der Waals surface area (Å²) in [6, 6.07) is -10.3. The van der Waals surface area contributed by atoms with E-state index in [0.29, 0.717) is 12.1 Å². The van der Waals surface area contributed by atoms with Gasteiger partial charge in [-0.2, -0.15) is 0 Å². The van der Waals surface area contributed by atoms with Crippen molar-refractivity contribution in [2.75, 3.05) is 67.7 Å². The molecule has 2 heterocycles. The molecule has 1 aromatic carbocycles. The summed E-state index contributed by atoms with van der Waals surface area (Å²) in [6.45, 7) is 27.8. The average molecular weight is 1420 g/mol. The molecule has 11 amide bonds.